The summed E-state index contributed by atoms with van der Waals surface area (Å²) in [5.41, 5.74) is 0.0797. The average Bonchev–Trinajstić information content (AvgIpc) is 3.49. The van der Waals surface area contributed by atoms with E-state index in [-0.39, 0.29) is 35.6 Å². The molecule has 49 heavy (non-hydrogen) atoms. The van der Waals surface area contributed by atoms with Gasteiger partial charge in [0.15, 0.2) is 0 Å². The van der Waals surface area contributed by atoms with Crippen molar-refractivity contribution < 1.29 is 32.2 Å². The predicted octanol–water partition coefficient (Wildman–Crippen LogP) is 7.55. The number of rotatable bonds is 7. The molecule has 11 nitrogen and oxygen atoms in total. The number of allylic oxidation sites excluding steroid dienone is 2. The zero-order valence-corrected chi connectivity index (χ0v) is 26.9. The Morgan fingerprint density at radius 3 is 2.35 bits per heavy atom. The fraction of sp³-hybridized carbons (Fsp3) is 0.257. The molecule has 1 aliphatic rings. The van der Waals surface area contributed by atoms with Crippen molar-refractivity contribution in [3.63, 3.8) is 0 Å². The van der Waals surface area contributed by atoms with E-state index in [0.29, 0.717) is 16.7 Å². The first-order valence-corrected chi connectivity index (χ1v) is 14.9. The van der Waals surface area contributed by atoms with Gasteiger partial charge in [0.25, 0.3) is 5.95 Å². The van der Waals surface area contributed by atoms with Gasteiger partial charge >= 0.3 is 18.2 Å². The first-order valence-electron chi connectivity index (χ1n) is 14.9. The van der Waals surface area contributed by atoms with Gasteiger partial charge in [-0.3, -0.25) is 9.69 Å². The maximum absolute atomic E-state index is 13.8. The Morgan fingerprint density at radius 2 is 1.73 bits per heavy atom. The third-order valence-corrected chi connectivity index (χ3v) is 7.29. The van der Waals surface area contributed by atoms with E-state index in [4.69, 9.17) is 16.0 Å². The monoisotopic (exact) mass is 669 g/mol. The Morgan fingerprint density at radius 1 is 1.04 bits per heavy atom. The number of aromatic nitrogens is 3. The molecule has 1 aliphatic heterocycles. The second-order valence-corrected chi connectivity index (χ2v) is 12.0. The SMILES string of the molecule is [C-]#[N+]C1=C(C)N(c2cccc(C(F)(F)F)c2)c2nc(N(CC(=O)OC(C)(C)C)C(=O)OCc3ccccc3)nn2[C@@H]1c1ccc(C#N)cc1. The Bertz CT molecular complexity index is 1990. The second-order valence-electron chi connectivity index (χ2n) is 12.0. The molecule has 0 bridgehead atoms. The third-order valence-electron chi connectivity index (χ3n) is 7.29. The van der Waals surface area contributed by atoms with E-state index < -0.39 is 42.0 Å². The number of carbonyl (C=O) groups excluding carboxylic acids is 2. The Balaban J connectivity index is 1.67. The van der Waals surface area contributed by atoms with Crippen LogP contribution in [0, 0.1) is 17.9 Å². The van der Waals surface area contributed by atoms with Crippen molar-refractivity contribution in [1.82, 2.24) is 14.8 Å². The summed E-state index contributed by atoms with van der Waals surface area (Å²) in [6.45, 7) is 13.8. The molecular formula is C35H30F3N7O4. The molecule has 0 radical (unpaired) electrons. The highest BCUT2D eigenvalue weighted by Crippen LogP contribution is 2.44. The number of hydrogen-bond donors (Lipinski definition) is 0. The fourth-order valence-electron chi connectivity index (χ4n) is 5.15. The van der Waals surface area contributed by atoms with Gasteiger partial charge in [-0.15, -0.1) is 5.10 Å². The summed E-state index contributed by atoms with van der Waals surface area (Å²) < 4.78 is 53.7. The Kier molecular flexibility index (Phi) is 9.44. The number of carbonyl (C=O) groups is 2. The summed E-state index contributed by atoms with van der Waals surface area (Å²) >= 11 is 0. The summed E-state index contributed by atoms with van der Waals surface area (Å²) in [6.07, 6.45) is -5.66. The highest BCUT2D eigenvalue weighted by atomic mass is 19.4. The maximum atomic E-state index is 13.8. The highest BCUT2D eigenvalue weighted by Gasteiger charge is 2.39. The number of alkyl halides is 3. The van der Waals surface area contributed by atoms with Gasteiger partial charge in [-0.25, -0.2) is 19.2 Å². The molecule has 14 heteroatoms. The molecule has 0 saturated heterocycles. The van der Waals surface area contributed by atoms with Crippen molar-refractivity contribution in [2.75, 3.05) is 16.3 Å². The molecule has 0 aliphatic carbocycles. The van der Waals surface area contributed by atoms with Crippen LogP contribution in [-0.4, -0.2) is 39.0 Å². The second kappa shape index (κ2) is 13.5. The number of nitrogens with zero attached hydrogens (tertiary/aromatic N) is 7. The van der Waals surface area contributed by atoms with Crippen molar-refractivity contribution in [1.29, 1.82) is 5.26 Å². The molecule has 0 saturated carbocycles. The van der Waals surface area contributed by atoms with Crippen molar-refractivity contribution in [3.8, 4) is 6.07 Å². The number of halogens is 3. The molecule has 0 fully saturated rings. The predicted molar refractivity (Wildman–Crippen MR) is 172 cm³/mol. The molecule has 2 heterocycles. The number of benzene rings is 3. The summed E-state index contributed by atoms with van der Waals surface area (Å²) in [6, 6.07) is 20.7. The number of amides is 1. The molecule has 0 N–H and O–H groups in total. The number of esters is 1. The first kappa shape index (κ1) is 34.2. The number of hydrogen-bond acceptors (Lipinski definition) is 8. The first-order chi connectivity index (χ1) is 23.2. The van der Waals surface area contributed by atoms with Gasteiger partial charge in [0.05, 0.1) is 23.8 Å². The number of anilines is 3. The topological polar surface area (TPSA) is 118 Å². The fourth-order valence-corrected chi connectivity index (χ4v) is 5.15. The minimum atomic E-state index is -4.66. The number of ether oxygens (including phenoxy) is 2. The van der Waals surface area contributed by atoms with Crippen molar-refractivity contribution >= 4 is 29.6 Å². The lowest BCUT2D eigenvalue weighted by Crippen LogP contribution is -2.40. The van der Waals surface area contributed by atoms with E-state index in [2.05, 4.69) is 14.9 Å². The standard InChI is InChI=1S/C35H30F3N7O4/c1-22-29(40-5)30(25-16-14-23(19-39)15-17-25)45-32(44(22)27-13-9-12-26(18-27)35(36,37)38)41-31(42-45)43(20-28(46)49-34(2,3)4)33(47)48-21-24-10-7-6-8-11-24/h6-18,30H,20-21H2,1-4H3/t30-/m1/s1. The van der Waals surface area contributed by atoms with Gasteiger partial charge in [0.2, 0.25) is 11.6 Å². The van der Waals surface area contributed by atoms with Crippen LogP contribution in [0.25, 0.3) is 4.85 Å². The van der Waals surface area contributed by atoms with Crippen LogP contribution in [0.1, 0.15) is 56.0 Å². The lowest BCUT2D eigenvalue weighted by atomic mass is 9.99. The maximum Gasteiger partial charge on any atom is 0.417 e. The molecule has 3 aromatic carbocycles. The van der Waals surface area contributed by atoms with E-state index in [0.717, 1.165) is 17.0 Å². The molecular weight excluding hydrogens is 639 g/mol. The van der Waals surface area contributed by atoms with Crippen molar-refractivity contribution in [3.05, 3.63) is 124 Å². The number of nitriles is 1. The zero-order valence-electron chi connectivity index (χ0n) is 26.9. The van der Waals surface area contributed by atoms with Gasteiger partial charge in [0, 0.05) is 11.4 Å². The molecule has 250 valence electrons. The van der Waals surface area contributed by atoms with Crippen LogP contribution in [-0.2, 0) is 27.1 Å². The quantitative estimate of drug-likeness (QED) is 0.146. The zero-order chi connectivity index (χ0) is 35.5. The molecule has 1 amide bonds. The minimum Gasteiger partial charge on any atom is -0.459 e. The summed E-state index contributed by atoms with van der Waals surface area (Å²) in [4.78, 5) is 37.2. The van der Waals surface area contributed by atoms with E-state index >= 15 is 0 Å². The minimum absolute atomic E-state index is 0.0253. The van der Waals surface area contributed by atoms with Crippen LogP contribution >= 0.6 is 0 Å². The highest BCUT2D eigenvalue weighted by molar-refractivity contribution is 5.92. The van der Waals surface area contributed by atoms with Crippen LogP contribution in [0.3, 0.4) is 0 Å². The van der Waals surface area contributed by atoms with Crippen LogP contribution in [0.2, 0.25) is 0 Å². The van der Waals surface area contributed by atoms with Crippen LogP contribution in [0.4, 0.5) is 35.5 Å². The summed E-state index contributed by atoms with van der Waals surface area (Å²) in [7, 11) is 0. The Labute approximate surface area is 280 Å². The van der Waals surface area contributed by atoms with Crippen LogP contribution in [0.15, 0.2) is 90.3 Å². The average molecular weight is 670 g/mol. The summed E-state index contributed by atoms with van der Waals surface area (Å²) in [5.74, 6) is -1.17. The molecule has 1 aromatic heterocycles. The lowest BCUT2D eigenvalue weighted by Gasteiger charge is -2.34. The Hall–Kier alpha value is -6.15. The lowest BCUT2D eigenvalue weighted by molar-refractivity contribution is -0.153. The van der Waals surface area contributed by atoms with Gasteiger partial charge in [-0.2, -0.15) is 23.4 Å². The normalized spacial score (nSPS) is 14.4. The third kappa shape index (κ3) is 7.55. The van der Waals surface area contributed by atoms with Gasteiger partial charge in [0.1, 0.15) is 24.8 Å². The van der Waals surface area contributed by atoms with Crippen LogP contribution in [0.5, 0.6) is 0 Å². The van der Waals surface area contributed by atoms with Gasteiger partial charge in [-0.1, -0.05) is 48.5 Å². The molecule has 1 atom stereocenters. The van der Waals surface area contributed by atoms with Crippen molar-refractivity contribution in [2.45, 2.75) is 52.1 Å². The molecule has 5 rings (SSSR count). The van der Waals surface area contributed by atoms with Gasteiger partial charge in [-0.05, 0) is 69.2 Å². The largest absolute Gasteiger partial charge is 0.459 e. The van der Waals surface area contributed by atoms with E-state index in [1.165, 1.54) is 21.7 Å². The van der Waals surface area contributed by atoms with Crippen molar-refractivity contribution in [2.24, 2.45) is 0 Å². The molecule has 0 spiro atoms. The van der Waals surface area contributed by atoms with E-state index in [1.807, 2.05) is 6.07 Å². The van der Waals surface area contributed by atoms with E-state index in [9.17, 15) is 28.0 Å². The number of fused-ring (bicyclic) bond motifs is 1. The molecule has 4 aromatic rings. The van der Waals surface area contributed by atoms with E-state index in [1.54, 1.807) is 82.3 Å². The molecule has 0 unspecified atom stereocenters. The van der Waals surface area contributed by atoms with Gasteiger partial charge < -0.3 is 9.47 Å². The summed E-state index contributed by atoms with van der Waals surface area (Å²) in [5, 5.41) is 13.9. The smallest absolute Gasteiger partial charge is 0.417 e. The van der Waals surface area contributed by atoms with Crippen LogP contribution < -0.4 is 9.80 Å².